The monoisotopic (exact) mass is 274 g/mol. The Morgan fingerprint density at radius 1 is 1.28 bits per heavy atom. The molecule has 2 fully saturated rings. The van der Waals surface area contributed by atoms with E-state index in [4.69, 9.17) is 0 Å². The predicted molar refractivity (Wildman–Crippen MR) is 77.0 cm³/mol. The Hall–Kier alpha value is -0.280. The van der Waals surface area contributed by atoms with Crippen molar-refractivity contribution >= 4 is 18.3 Å². The summed E-state index contributed by atoms with van der Waals surface area (Å²) in [7, 11) is 0. The van der Waals surface area contributed by atoms with Gasteiger partial charge < -0.3 is 10.6 Å². The molecular formula is C14H27ClN2O. The summed E-state index contributed by atoms with van der Waals surface area (Å²) in [5.41, 5.74) is 0.0566. The maximum atomic E-state index is 12.2. The largest absolute Gasteiger partial charge is 0.351 e. The van der Waals surface area contributed by atoms with Crippen LogP contribution in [0.5, 0.6) is 0 Å². The Balaban J connectivity index is 0.00000162. The van der Waals surface area contributed by atoms with E-state index in [1.54, 1.807) is 0 Å². The average Bonchev–Trinajstić information content (AvgIpc) is 2.34. The van der Waals surface area contributed by atoms with Gasteiger partial charge in [-0.1, -0.05) is 6.92 Å². The number of hydrogen-bond acceptors (Lipinski definition) is 2. The van der Waals surface area contributed by atoms with Crippen LogP contribution >= 0.6 is 12.4 Å². The van der Waals surface area contributed by atoms with Crippen molar-refractivity contribution in [3.8, 4) is 0 Å². The molecule has 1 saturated carbocycles. The number of carbonyl (C=O) groups excluding carboxylic acids is 1. The molecule has 0 aromatic rings. The molecule has 0 radical (unpaired) electrons. The number of carbonyl (C=O) groups is 1. The normalized spacial score (nSPS) is 36.6. The first-order valence-electron chi connectivity index (χ1n) is 7.12. The van der Waals surface area contributed by atoms with Crippen LogP contribution in [0, 0.1) is 11.8 Å². The number of nitrogens with one attached hydrogen (secondary N) is 2. The van der Waals surface area contributed by atoms with Crippen molar-refractivity contribution in [3.05, 3.63) is 0 Å². The van der Waals surface area contributed by atoms with E-state index in [1.807, 2.05) is 0 Å². The van der Waals surface area contributed by atoms with Gasteiger partial charge in [-0.3, -0.25) is 4.79 Å². The van der Waals surface area contributed by atoms with Gasteiger partial charge in [-0.25, -0.2) is 0 Å². The van der Waals surface area contributed by atoms with Crippen LogP contribution in [0.4, 0.5) is 0 Å². The van der Waals surface area contributed by atoms with Crippen LogP contribution in [0.2, 0.25) is 0 Å². The Labute approximate surface area is 117 Å². The topological polar surface area (TPSA) is 41.1 Å². The molecule has 3 nitrogen and oxygen atoms in total. The first kappa shape index (κ1) is 15.8. The number of piperidine rings is 1. The van der Waals surface area contributed by atoms with Crippen molar-refractivity contribution in [2.24, 2.45) is 11.8 Å². The van der Waals surface area contributed by atoms with E-state index in [9.17, 15) is 4.79 Å². The van der Waals surface area contributed by atoms with Crippen LogP contribution in [-0.2, 0) is 4.79 Å². The van der Waals surface area contributed by atoms with Gasteiger partial charge in [-0.2, -0.15) is 0 Å². The summed E-state index contributed by atoms with van der Waals surface area (Å²) in [6.45, 7) is 6.45. The highest BCUT2D eigenvalue weighted by Gasteiger charge is 2.33. The maximum absolute atomic E-state index is 12.2. The Kier molecular flexibility index (Phi) is 5.93. The van der Waals surface area contributed by atoms with Crippen molar-refractivity contribution < 1.29 is 4.79 Å². The molecule has 1 aliphatic heterocycles. The average molecular weight is 275 g/mol. The lowest BCUT2D eigenvalue weighted by Gasteiger charge is -2.38. The molecule has 2 rings (SSSR count). The summed E-state index contributed by atoms with van der Waals surface area (Å²) in [5, 5.41) is 6.62. The third kappa shape index (κ3) is 4.13. The fraction of sp³-hybridized carbons (Fsp3) is 0.929. The van der Waals surface area contributed by atoms with Crippen molar-refractivity contribution in [1.29, 1.82) is 0 Å². The summed E-state index contributed by atoms with van der Waals surface area (Å²) < 4.78 is 0. The molecule has 1 heterocycles. The number of halogens is 1. The van der Waals surface area contributed by atoms with E-state index in [0.29, 0.717) is 0 Å². The zero-order valence-electron chi connectivity index (χ0n) is 11.6. The molecule has 2 aliphatic rings. The van der Waals surface area contributed by atoms with E-state index >= 15 is 0 Å². The second-order valence-corrected chi connectivity index (χ2v) is 6.28. The molecule has 1 aliphatic carbocycles. The first-order valence-corrected chi connectivity index (χ1v) is 7.12. The highest BCUT2D eigenvalue weighted by molar-refractivity contribution is 5.85. The van der Waals surface area contributed by atoms with Crippen molar-refractivity contribution in [2.45, 2.75) is 57.9 Å². The van der Waals surface area contributed by atoms with E-state index in [-0.39, 0.29) is 29.8 Å². The van der Waals surface area contributed by atoms with Crippen molar-refractivity contribution in [2.75, 3.05) is 13.1 Å². The zero-order chi connectivity index (χ0) is 12.3. The quantitative estimate of drug-likeness (QED) is 0.812. The standard InChI is InChI=1S/C14H26N2O.ClH/c1-11-5-7-14(2,8-6-11)16-13(17)12-4-3-9-15-10-12;/h11-12,15H,3-10H2,1-2H3,(H,16,17);1H. The lowest BCUT2D eigenvalue weighted by atomic mass is 9.78. The fourth-order valence-electron chi connectivity index (χ4n) is 3.00. The SMILES string of the molecule is CC1CCC(C)(NC(=O)C2CCCNC2)CC1.Cl. The highest BCUT2D eigenvalue weighted by atomic mass is 35.5. The summed E-state index contributed by atoms with van der Waals surface area (Å²) >= 11 is 0. The summed E-state index contributed by atoms with van der Waals surface area (Å²) in [4.78, 5) is 12.2. The minimum Gasteiger partial charge on any atom is -0.351 e. The molecule has 0 aromatic heterocycles. The summed E-state index contributed by atoms with van der Waals surface area (Å²) in [6, 6.07) is 0. The van der Waals surface area contributed by atoms with Gasteiger partial charge in [0.15, 0.2) is 0 Å². The lowest BCUT2D eigenvalue weighted by molar-refractivity contribution is -0.127. The van der Waals surface area contributed by atoms with Gasteiger partial charge in [0, 0.05) is 12.1 Å². The van der Waals surface area contributed by atoms with Gasteiger partial charge in [-0.05, 0) is 57.9 Å². The van der Waals surface area contributed by atoms with Gasteiger partial charge >= 0.3 is 0 Å². The van der Waals surface area contributed by atoms with Gasteiger partial charge in [0.25, 0.3) is 0 Å². The molecule has 1 amide bonds. The molecule has 18 heavy (non-hydrogen) atoms. The minimum atomic E-state index is 0. The highest BCUT2D eigenvalue weighted by Crippen LogP contribution is 2.31. The number of rotatable bonds is 2. The van der Waals surface area contributed by atoms with Crippen LogP contribution in [0.25, 0.3) is 0 Å². The van der Waals surface area contributed by atoms with E-state index < -0.39 is 0 Å². The van der Waals surface area contributed by atoms with E-state index in [0.717, 1.165) is 44.7 Å². The van der Waals surface area contributed by atoms with Gasteiger partial charge in [0.1, 0.15) is 0 Å². The smallest absolute Gasteiger partial charge is 0.224 e. The Morgan fingerprint density at radius 3 is 2.50 bits per heavy atom. The summed E-state index contributed by atoms with van der Waals surface area (Å²) in [5.74, 6) is 1.30. The minimum absolute atomic E-state index is 0. The molecule has 4 heteroatoms. The van der Waals surface area contributed by atoms with Crippen molar-refractivity contribution in [1.82, 2.24) is 10.6 Å². The first-order chi connectivity index (χ1) is 8.09. The second kappa shape index (κ2) is 6.76. The van der Waals surface area contributed by atoms with Gasteiger partial charge in [0.05, 0.1) is 5.92 Å². The third-order valence-electron chi connectivity index (χ3n) is 4.47. The Bertz CT molecular complexity index is 269. The lowest BCUT2D eigenvalue weighted by Crippen LogP contribution is -2.52. The Morgan fingerprint density at radius 2 is 1.94 bits per heavy atom. The molecule has 0 bridgehead atoms. The third-order valence-corrected chi connectivity index (χ3v) is 4.47. The van der Waals surface area contributed by atoms with Crippen LogP contribution < -0.4 is 10.6 Å². The van der Waals surface area contributed by atoms with Crippen LogP contribution in [0.1, 0.15) is 52.4 Å². The second-order valence-electron chi connectivity index (χ2n) is 6.28. The molecule has 1 unspecified atom stereocenters. The van der Waals surface area contributed by atoms with Crippen LogP contribution in [0.15, 0.2) is 0 Å². The molecule has 0 spiro atoms. The van der Waals surface area contributed by atoms with E-state index in [1.165, 1.54) is 12.8 Å². The molecule has 1 saturated heterocycles. The fourth-order valence-corrected chi connectivity index (χ4v) is 3.00. The van der Waals surface area contributed by atoms with Crippen LogP contribution in [0.3, 0.4) is 0 Å². The van der Waals surface area contributed by atoms with Crippen molar-refractivity contribution in [3.63, 3.8) is 0 Å². The molecule has 2 N–H and O–H groups in total. The van der Waals surface area contributed by atoms with E-state index in [2.05, 4.69) is 24.5 Å². The molecular weight excluding hydrogens is 248 g/mol. The maximum Gasteiger partial charge on any atom is 0.224 e. The van der Waals surface area contributed by atoms with Gasteiger partial charge in [-0.15, -0.1) is 12.4 Å². The molecule has 0 aromatic carbocycles. The number of amides is 1. The zero-order valence-corrected chi connectivity index (χ0v) is 12.4. The molecule has 106 valence electrons. The molecule has 1 atom stereocenters. The predicted octanol–water partition coefficient (Wildman–Crippen LogP) is 2.49. The van der Waals surface area contributed by atoms with Crippen LogP contribution in [-0.4, -0.2) is 24.5 Å². The summed E-state index contributed by atoms with van der Waals surface area (Å²) in [6.07, 6.45) is 6.96. The number of hydrogen-bond donors (Lipinski definition) is 2. The van der Waals surface area contributed by atoms with Gasteiger partial charge in [0.2, 0.25) is 5.91 Å².